The summed E-state index contributed by atoms with van der Waals surface area (Å²) in [6.07, 6.45) is 1.10. The molecule has 2 rings (SSSR count). The molecule has 0 saturated heterocycles. The fourth-order valence-electron chi connectivity index (χ4n) is 2.79. The first-order chi connectivity index (χ1) is 12.7. The molecule has 0 saturated carbocycles. The van der Waals surface area contributed by atoms with Gasteiger partial charge in [0.1, 0.15) is 0 Å². The SMILES string of the molecule is CCOC(=O)c1ccc(NC(=O)CCc2ccc(C(C)(C)C)cc2)c(C)c1. The van der Waals surface area contributed by atoms with Crippen LogP contribution in [0, 0.1) is 6.92 Å². The summed E-state index contributed by atoms with van der Waals surface area (Å²) in [6, 6.07) is 13.6. The van der Waals surface area contributed by atoms with E-state index in [2.05, 4.69) is 50.4 Å². The van der Waals surface area contributed by atoms with E-state index < -0.39 is 0 Å². The number of rotatable bonds is 6. The lowest BCUT2D eigenvalue weighted by Gasteiger charge is -2.19. The molecule has 1 N–H and O–H groups in total. The predicted molar refractivity (Wildman–Crippen MR) is 109 cm³/mol. The van der Waals surface area contributed by atoms with Crippen LogP contribution in [-0.2, 0) is 21.4 Å². The lowest BCUT2D eigenvalue weighted by Crippen LogP contribution is -2.14. The molecule has 1 amide bonds. The lowest BCUT2D eigenvalue weighted by atomic mass is 9.86. The van der Waals surface area contributed by atoms with Crippen LogP contribution in [0.1, 0.15) is 61.2 Å². The summed E-state index contributed by atoms with van der Waals surface area (Å²) in [5.41, 5.74) is 4.61. The summed E-state index contributed by atoms with van der Waals surface area (Å²) in [7, 11) is 0. The normalized spacial score (nSPS) is 11.1. The Morgan fingerprint density at radius 1 is 1.04 bits per heavy atom. The number of aryl methyl sites for hydroxylation is 2. The largest absolute Gasteiger partial charge is 0.462 e. The Morgan fingerprint density at radius 3 is 2.26 bits per heavy atom. The van der Waals surface area contributed by atoms with Crippen LogP contribution in [0.3, 0.4) is 0 Å². The van der Waals surface area contributed by atoms with Crippen LogP contribution in [0.2, 0.25) is 0 Å². The number of carbonyl (C=O) groups is 2. The average molecular weight is 367 g/mol. The summed E-state index contributed by atoms with van der Waals surface area (Å²) in [5.74, 6) is -0.390. The van der Waals surface area contributed by atoms with Gasteiger partial charge in [0, 0.05) is 12.1 Å². The summed E-state index contributed by atoms with van der Waals surface area (Å²) in [6.45, 7) is 10.5. The number of ether oxygens (including phenoxy) is 1. The van der Waals surface area contributed by atoms with E-state index in [1.165, 1.54) is 5.56 Å². The molecular weight excluding hydrogens is 338 g/mol. The molecule has 0 radical (unpaired) electrons. The molecule has 0 atom stereocenters. The summed E-state index contributed by atoms with van der Waals surface area (Å²) in [4.78, 5) is 24.0. The minimum atomic E-state index is -0.350. The molecule has 27 heavy (non-hydrogen) atoms. The van der Waals surface area contributed by atoms with Crippen LogP contribution in [0.15, 0.2) is 42.5 Å². The Bertz CT molecular complexity index is 801. The highest BCUT2D eigenvalue weighted by molar-refractivity contribution is 5.94. The number of amides is 1. The maximum absolute atomic E-state index is 12.3. The molecular formula is C23H29NO3. The standard InChI is InChI=1S/C23H29NO3/c1-6-27-22(26)18-10-13-20(16(2)15-18)24-21(25)14-9-17-7-11-19(12-8-17)23(3,4)5/h7-8,10-13,15H,6,9,14H2,1-5H3,(H,24,25). The van der Waals surface area contributed by atoms with E-state index in [1.807, 2.05) is 6.92 Å². The van der Waals surface area contributed by atoms with Crippen LogP contribution in [0.4, 0.5) is 5.69 Å². The Hall–Kier alpha value is -2.62. The molecule has 0 aliphatic rings. The third kappa shape index (κ3) is 5.95. The van der Waals surface area contributed by atoms with Crippen LogP contribution in [0.5, 0.6) is 0 Å². The van der Waals surface area contributed by atoms with Gasteiger partial charge in [0.25, 0.3) is 0 Å². The van der Waals surface area contributed by atoms with Crippen LogP contribution in [-0.4, -0.2) is 18.5 Å². The van der Waals surface area contributed by atoms with Gasteiger partial charge < -0.3 is 10.1 Å². The molecule has 0 fully saturated rings. The lowest BCUT2D eigenvalue weighted by molar-refractivity contribution is -0.116. The molecule has 0 unspecified atom stereocenters. The number of hydrogen-bond donors (Lipinski definition) is 1. The third-order valence-corrected chi connectivity index (χ3v) is 4.47. The zero-order valence-corrected chi connectivity index (χ0v) is 16.9. The van der Waals surface area contributed by atoms with Crippen molar-refractivity contribution in [2.45, 2.75) is 52.9 Å². The molecule has 144 valence electrons. The van der Waals surface area contributed by atoms with Gasteiger partial charge in [-0.15, -0.1) is 0 Å². The van der Waals surface area contributed by atoms with Crippen LogP contribution < -0.4 is 5.32 Å². The molecule has 0 spiro atoms. The van der Waals surface area contributed by atoms with E-state index in [4.69, 9.17) is 4.74 Å². The van der Waals surface area contributed by atoms with Crippen molar-refractivity contribution in [1.29, 1.82) is 0 Å². The van der Waals surface area contributed by atoms with Crippen molar-refractivity contribution < 1.29 is 14.3 Å². The maximum atomic E-state index is 12.3. The highest BCUT2D eigenvalue weighted by Crippen LogP contribution is 2.23. The quantitative estimate of drug-likeness (QED) is 0.728. The van der Waals surface area contributed by atoms with Gasteiger partial charge in [0.15, 0.2) is 0 Å². The van der Waals surface area contributed by atoms with Crippen molar-refractivity contribution in [3.63, 3.8) is 0 Å². The van der Waals surface area contributed by atoms with Gasteiger partial charge in [-0.1, -0.05) is 45.0 Å². The fraction of sp³-hybridized carbons (Fsp3) is 0.391. The molecule has 2 aromatic carbocycles. The number of carbonyl (C=O) groups excluding carboxylic acids is 2. The zero-order chi connectivity index (χ0) is 20.0. The molecule has 0 aromatic heterocycles. The van der Waals surface area contributed by atoms with E-state index >= 15 is 0 Å². The summed E-state index contributed by atoms with van der Waals surface area (Å²) < 4.78 is 4.99. The second-order valence-electron chi connectivity index (χ2n) is 7.75. The van der Waals surface area contributed by atoms with Gasteiger partial charge in [0.05, 0.1) is 12.2 Å². The van der Waals surface area contributed by atoms with Crippen molar-refractivity contribution in [1.82, 2.24) is 0 Å². The van der Waals surface area contributed by atoms with E-state index in [0.717, 1.165) is 16.8 Å². The van der Waals surface area contributed by atoms with Crippen molar-refractivity contribution >= 4 is 17.6 Å². The first-order valence-electron chi connectivity index (χ1n) is 9.37. The summed E-state index contributed by atoms with van der Waals surface area (Å²) in [5, 5.41) is 2.92. The minimum Gasteiger partial charge on any atom is -0.462 e. The van der Waals surface area contributed by atoms with Gasteiger partial charge in [-0.05, 0) is 60.6 Å². The second kappa shape index (κ2) is 8.85. The first kappa shape index (κ1) is 20.7. The van der Waals surface area contributed by atoms with Crippen LogP contribution in [0.25, 0.3) is 0 Å². The maximum Gasteiger partial charge on any atom is 0.338 e. The first-order valence-corrected chi connectivity index (χ1v) is 9.37. The zero-order valence-electron chi connectivity index (χ0n) is 16.9. The second-order valence-corrected chi connectivity index (χ2v) is 7.75. The van der Waals surface area contributed by atoms with E-state index in [0.29, 0.717) is 25.0 Å². The highest BCUT2D eigenvalue weighted by Gasteiger charge is 2.13. The number of anilines is 1. The molecule has 0 heterocycles. The van der Waals surface area contributed by atoms with Gasteiger partial charge in [0.2, 0.25) is 5.91 Å². The molecule has 0 bridgehead atoms. The smallest absolute Gasteiger partial charge is 0.338 e. The van der Waals surface area contributed by atoms with E-state index in [9.17, 15) is 9.59 Å². The van der Waals surface area contributed by atoms with Crippen molar-refractivity contribution in [3.05, 3.63) is 64.7 Å². The number of esters is 1. The molecule has 4 heteroatoms. The van der Waals surface area contributed by atoms with Gasteiger partial charge in [-0.3, -0.25) is 4.79 Å². The Labute approximate surface area is 161 Å². The van der Waals surface area contributed by atoms with Crippen molar-refractivity contribution in [2.24, 2.45) is 0 Å². The average Bonchev–Trinajstić information content (AvgIpc) is 2.61. The summed E-state index contributed by atoms with van der Waals surface area (Å²) >= 11 is 0. The molecule has 4 nitrogen and oxygen atoms in total. The fourth-order valence-corrected chi connectivity index (χ4v) is 2.79. The van der Waals surface area contributed by atoms with Crippen molar-refractivity contribution in [3.8, 4) is 0 Å². The molecule has 0 aliphatic carbocycles. The Morgan fingerprint density at radius 2 is 1.70 bits per heavy atom. The van der Waals surface area contributed by atoms with Crippen LogP contribution >= 0.6 is 0 Å². The van der Waals surface area contributed by atoms with E-state index in [1.54, 1.807) is 25.1 Å². The number of benzene rings is 2. The number of hydrogen-bond acceptors (Lipinski definition) is 3. The number of nitrogens with one attached hydrogen (secondary N) is 1. The predicted octanol–water partition coefficient (Wildman–Crippen LogP) is 5.04. The Balaban J connectivity index is 1.93. The van der Waals surface area contributed by atoms with Gasteiger partial charge in [-0.2, -0.15) is 0 Å². The minimum absolute atomic E-state index is 0.0399. The third-order valence-electron chi connectivity index (χ3n) is 4.47. The molecule has 2 aromatic rings. The monoisotopic (exact) mass is 367 g/mol. The topological polar surface area (TPSA) is 55.4 Å². The van der Waals surface area contributed by atoms with Gasteiger partial charge in [-0.25, -0.2) is 4.79 Å². The highest BCUT2D eigenvalue weighted by atomic mass is 16.5. The Kier molecular flexibility index (Phi) is 6.78. The van der Waals surface area contributed by atoms with Crippen molar-refractivity contribution in [2.75, 3.05) is 11.9 Å². The van der Waals surface area contributed by atoms with Gasteiger partial charge >= 0.3 is 5.97 Å². The van der Waals surface area contributed by atoms with E-state index in [-0.39, 0.29) is 17.3 Å². The molecule has 0 aliphatic heterocycles.